The van der Waals surface area contributed by atoms with E-state index in [1.54, 1.807) is 17.0 Å². The van der Waals surface area contributed by atoms with Gasteiger partial charge in [-0.25, -0.2) is 0 Å². The number of carbonyl (C=O) groups excluding carboxylic acids is 2. The van der Waals surface area contributed by atoms with Crippen molar-refractivity contribution >= 4 is 17.8 Å². The Morgan fingerprint density at radius 3 is 2.41 bits per heavy atom. The number of amides is 2. The number of aliphatic carboxylic acids is 1. The second-order valence-electron chi connectivity index (χ2n) is 8.18. The van der Waals surface area contributed by atoms with Gasteiger partial charge in [0, 0.05) is 24.6 Å². The van der Waals surface area contributed by atoms with Crippen LogP contribution in [0.15, 0.2) is 24.3 Å². The number of nitrogens with zero attached hydrogens (tertiary/aromatic N) is 1. The van der Waals surface area contributed by atoms with Gasteiger partial charge >= 0.3 is 5.97 Å². The second-order valence-corrected chi connectivity index (χ2v) is 8.18. The molecule has 148 valence electrons. The minimum absolute atomic E-state index is 0.0181. The summed E-state index contributed by atoms with van der Waals surface area (Å²) in [5, 5.41) is 11.6. The zero-order valence-corrected chi connectivity index (χ0v) is 16.5. The molecule has 1 aromatic carbocycles. The van der Waals surface area contributed by atoms with Crippen LogP contribution in [-0.4, -0.2) is 46.9 Å². The Balaban J connectivity index is 1.91. The highest BCUT2D eigenvalue weighted by atomic mass is 16.4. The van der Waals surface area contributed by atoms with E-state index >= 15 is 0 Å². The molecular weight excluding hydrogens is 344 g/mol. The van der Waals surface area contributed by atoms with Crippen molar-refractivity contribution in [2.75, 3.05) is 13.1 Å². The molecule has 2 amide bonds. The van der Waals surface area contributed by atoms with E-state index in [0.29, 0.717) is 18.5 Å². The van der Waals surface area contributed by atoms with Crippen LogP contribution >= 0.6 is 0 Å². The summed E-state index contributed by atoms with van der Waals surface area (Å²) in [5.74, 6) is -1.27. The minimum Gasteiger partial charge on any atom is -0.481 e. The van der Waals surface area contributed by atoms with Crippen LogP contribution in [0.2, 0.25) is 0 Å². The van der Waals surface area contributed by atoms with Gasteiger partial charge in [-0.15, -0.1) is 0 Å². The van der Waals surface area contributed by atoms with E-state index < -0.39 is 5.97 Å². The van der Waals surface area contributed by atoms with Gasteiger partial charge in [-0.2, -0.15) is 0 Å². The van der Waals surface area contributed by atoms with Crippen LogP contribution in [0.4, 0.5) is 0 Å². The van der Waals surface area contributed by atoms with Gasteiger partial charge in [0.25, 0.3) is 5.91 Å². The van der Waals surface area contributed by atoms with Crippen LogP contribution in [0, 0.1) is 0 Å². The number of piperidine rings is 1. The van der Waals surface area contributed by atoms with Crippen LogP contribution in [0.3, 0.4) is 0 Å². The molecular formula is C21H30N2O4. The van der Waals surface area contributed by atoms with Gasteiger partial charge in [-0.1, -0.05) is 32.9 Å². The summed E-state index contributed by atoms with van der Waals surface area (Å²) in [4.78, 5) is 37.4. The van der Waals surface area contributed by atoms with Crippen molar-refractivity contribution in [3.63, 3.8) is 0 Å². The molecule has 1 aliphatic heterocycles. The quantitative estimate of drug-likeness (QED) is 0.801. The molecule has 6 nitrogen and oxygen atoms in total. The van der Waals surface area contributed by atoms with E-state index in [-0.39, 0.29) is 36.2 Å². The first-order chi connectivity index (χ1) is 12.7. The van der Waals surface area contributed by atoms with Gasteiger partial charge in [0.2, 0.25) is 5.91 Å². The summed E-state index contributed by atoms with van der Waals surface area (Å²) in [6.45, 7) is 6.89. The first-order valence-electron chi connectivity index (χ1n) is 9.58. The predicted octanol–water partition coefficient (Wildman–Crippen LogP) is 2.96. The third kappa shape index (κ3) is 6.08. The summed E-state index contributed by atoms with van der Waals surface area (Å²) < 4.78 is 0. The van der Waals surface area contributed by atoms with E-state index in [4.69, 9.17) is 5.11 Å². The summed E-state index contributed by atoms with van der Waals surface area (Å²) >= 11 is 0. The zero-order chi connectivity index (χ0) is 20.0. The Labute approximate surface area is 160 Å². The Bertz CT molecular complexity index is 676. The molecule has 1 unspecified atom stereocenters. The van der Waals surface area contributed by atoms with Crippen LogP contribution in [0.5, 0.6) is 0 Å². The molecule has 0 radical (unpaired) electrons. The molecule has 0 bridgehead atoms. The molecule has 1 aromatic rings. The number of likely N-dealkylation sites (tertiary alicyclic amines) is 1. The van der Waals surface area contributed by atoms with Gasteiger partial charge in [-0.3, -0.25) is 14.4 Å². The number of benzene rings is 1. The number of carboxylic acid groups (broad SMARTS) is 1. The lowest BCUT2D eigenvalue weighted by Gasteiger charge is -2.35. The largest absolute Gasteiger partial charge is 0.481 e. The lowest BCUT2D eigenvalue weighted by molar-refractivity contribution is -0.139. The highest BCUT2D eigenvalue weighted by Crippen LogP contribution is 2.22. The summed E-state index contributed by atoms with van der Waals surface area (Å²) in [6, 6.07) is 7.37. The van der Waals surface area contributed by atoms with Crippen LogP contribution in [0.25, 0.3) is 0 Å². The first kappa shape index (κ1) is 20.9. The van der Waals surface area contributed by atoms with Gasteiger partial charge in [0.15, 0.2) is 0 Å². The van der Waals surface area contributed by atoms with Gasteiger partial charge in [-0.05, 0) is 48.8 Å². The number of hydrogen-bond donors (Lipinski definition) is 2. The average Bonchev–Trinajstić information content (AvgIpc) is 2.63. The molecule has 1 fully saturated rings. The molecule has 0 aliphatic carbocycles. The predicted molar refractivity (Wildman–Crippen MR) is 104 cm³/mol. The number of carboxylic acids is 1. The monoisotopic (exact) mass is 374 g/mol. The highest BCUT2D eigenvalue weighted by molar-refractivity contribution is 5.96. The second kappa shape index (κ2) is 9.02. The number of hydrogen-bond acceptors (Lipinski definition) is 3. The van der Waals surface area contributed by atoms with E-state index in [1.807, 2.05) is 12.1 Å². The Hall–Kier alpha value is -2.37. The number of rotatable bonds is 6. The maximum absolute atomic E-state index is 12.5. The number of carbonyl (C=O) groups is 3. The molecule has 0 saturated carbocycles. The standard InChI is InChI=1S/C21H30N2O4/c1-21(2,3)16-9-7-15(8-10-16)20(27)22-14-18(24)23-13-5-4-6-17(23)11-12-19(25)26/h7-10,17H,4-6,11-14H2,1-3H3,(H,22,27)(H,25,26). The van der Waals surface area contributed by atoms with Crippen molar-refractivity contribution in [2.24, 2.45) is 0 Å². The molecule has 0 aromatic heterocycles. The van der Waals surface area contributed by atoms with Gasteiger partial charge in [0.1, 0.15) is 0 Å². The van der Waals surface area contributed by atoms with E-state index in [0.717, 1.165) is 24.8 Å². The van der Waals surface area contributed by atoms with E-state index in [9.17, 15) is 14.4 Å². The van der Waals surface area contributed by atoms with E-state index in [1.165, 1.54) is 0 Å². The Kier molecular flexibility index (Phi) is 6.99. The van der Waals surface area contributed by atoms with Crippen LogP contribution < -0.4 is 5.32 Å². The van der Waals surface area contributed by atoms with Gasteiger partial charge < -0.3 is 15.3 Å². The van der Waals surface area contributed by atoms with E-state index in [2.05, 4.69) is 26.1 Å². The fourth-order valence-corrected chi connectivity index (χ4v) is 3.40. The van der Waals surface area contributed by atoms with Crippen LogP contribution in [-0.2, 0) is 15.0 Å². The first-order valence-corrected chi connectivity index (χ1v) is 9.58. The summed E-state index contributed by atoms with van der Waals surface area (Å²) in [6.07, 6.45) is 3.25. The zero-order valence-electron chi connectivity index (χ0n) is 16.5. The SMILES string of the molecule is CC(C)(C)c1ccc(C(=O)NCC(=O)N2CCCCC2CCC(=O)O)cc1. The third-order valence-electron chi connectivity index (χ3n) is 5.05. The van der Waals surface area contributed by atoms with Crippen molar-refractivity contribution in [3.8, 4) is 0 Å². The fourth-order valence-electron chi connectivity index (χ4n) is 3.40. The molecule has 2 N–H and O–H groups in total. The van der Waals surface area contributed by atoms with Crippen molar-refractivity contribution < 1.29 is 19.5 Å². The van der Waals surface area contributed by atoms with Crippen molar-refractivity contribution in [1.29, 1.82) is 0 Å². The molecule has 1 atom stereocenters. The molecule has 1 saturated heterocycles. The molecule has 2 rings (SSSR count). The lowest BCUT2D eigenvalue weighted by Crippen LogP contribution is -2.48. The summed E-state index contributed by atoms with van der Waals surface area (Å²) in [5.41, 5.74) is 1.69. The van der Waals surface area contributed by atoms with Crippen LogP contribution in [0.1, 0.15) is 68.8 Å². The highest BCUT2D eigenvalue weighted by Gasteiger charge is 2.27. The molecule has 1 heterocycles. The molecule has 27 heavy (non-hydrogen) atoms. The summed E-state index contributed by atoms with van der Waals surface area (Å²) in [7, 11) is 0. The lowest BCUT2D eigenvalue weighted by atomic mass is 9.87. The molecule has 6 heteroatoms. The van der Waals surface area contributed by atoms with Gasteiger partial charge in [0.05, 0.1) is 6.54 Å². The maximum Gasteiger partial charge on any atom is 0.303 e. The Morgan fingerprint density at radius 2 is 1.81 bits per heavy atom. The third-order valence-corrected chi connectivity index (χ3v) is 5.05. The molecule has 0 spiro atoms. The smallest absolute Gasteiger partial charge is 0.303 e. The Morgan fingerprint density at radius 1 is 1.15 bits per heavy atom. The molecule has 1 aliphatic rings. The number of nitrogens with one attached hydrogen (secondary N) is 1. The normalized spacial score (nSPS) is 17.4. The minimum atomic E-state index is -0.847. The van der Waals surface area contributed by atoms with Crippen molar-refractivity contribution in [3.05, 3.63) is 35.4 Å². The maximum atomic E-state index is 12.5. The fraction of sp³-hybridized carbons (Fsp3) is 0.571. The van der Waals surface area contributed by atoms with Crippen molar-refractivity contribution in [1.82, 2.24) is 10.2 Å². The van der Waals surface area contributed by atoms with Crippen molar-refractivity contribution in [2.45, 2.75) is 64.3 Å². The topological polar surface area (TPSA) is 86.7 Å². The average molecular weight is 374 g/mol.